The van der Waals surface area contributed by atoms with E-state index in [-0.39, 0.29) is 17.7 Å². The van der Waals surface area contributed by atoms with Crippen LogP contribution >= 0.6 is 0 Å². The first-order valence-electron chi connectivity index (χ1n) is 7.00. The minimum atomic E-state index is -0.940. The Hall–Kier alpha value is -1.06. The van der Waals surface area contributed by atoms with E-state index in [1.807, 2.05) is 27.7 Å². The molecule has 4 nitrogen and oxygen atoms in total. The zero-order valence-corrected chi connectivity index (χ0v) is 12.0. The van der Waals surface area contributed by atoms with E-state index in [4.69, 9.17) is 5.11 Å². The summed E-state index contributed by atoms with van der Waals surface area (Å²) in [7, 11) is 0. The van der Waals surface area contributed by atoms with E-state index in [0.717, 1.165) is 32.1 Å². The predicted molar refractivity (Wildman–Crippen MR) is 72.3 cm³/mol. The van der Waals surface area contributed by atoms with Crippen LogP contribution in [0, 0.1) is 11.8 Å². The van der Waals surface area contributed by atoms with Crippen molar-refractivity contribution >= 4 is 11.9 Å². The van der Waals surface area contributed by atoms with Crippen molar-refractivity contribution in [1.29, 1.82) is 0 Å². The Labute approximate surface area is 110 Å². The van der Waals surface area contributed by atoms with Gasteiger partial charge in [0, 0.05) is 5.92 Å². The first-order valence-corrected chi connectivity index (χ1v) is 7.00. The number of nitrogens with one attached hydrogen (secondary N) is 1. The fourth-order valence-electron chi connectivity index (χ4n) is 2.06. The molecule has 0 unspecified atom stereocenters. The van der Waals surface area contributed by atoms with Crippen molar-refractivity contribution < 1.29 is 14.7 Å². The van der Waals surface area contributed by atoms with Gasteiger partial charge in [0.25, 0.3) is 0 Å². The molecule has 0 bridgehead atoms. The topological polar surface area (TPSA) is 66.4 Å². The van der Waals surface area contributed by atoms with Gasteiger partial charge >= 0.3 is 5.97 Å². The lowest BCUT2D eigenvalue weighted by molar-refractivity contribution is -0.144. The van der Waals surface area contributed by atoms with Crippen molar-refractivity contribution in [2.75, 3.05) is 0 Å². The third-order valence-electron chi connectivity index (χ3n) is 3.42. The third kappa shape index (κ3) is 5.52. The molecule has 0 heterocycles. The number of amides is 1. The maximum atomic E-state index is 12.1. The molecule has 0 aromatic heterocycles. The lowest BCUT2D eigenvalue weighted by atomic mass is 9.94. The van der Waals surface area contributed by atoms with Crippen molar-refractivity contribution in [1.82, 2.24) is 5.32 Å². The second kappa shape index (κ2) is 8.95. The molecule has 0 aliphatic rings. The number of carbonyl (C=O) groups excluding carboxylic acids is 1. The highest BCUT2D eigenvalue weighted by Gasteiger charge is 2.27. The number of hydrogen-bond donors (Lipinski definition) is 2. The van der Waals surface area contributed by atoms with Gasteiger partial charge in [0.1, 0.15) is 6.04 Å². The van der Waals surface area contributed by atoms with Crippen LogP contribution in [0.4, 0.5) is 0 Å². The number of rotatable bonds is 9. The summed E-state index contributed by atoms with van der Waals surface area (Å²) in [5.41, 5.74) is 0. The summed E-state index contributed by atoms with van der Waals surface area (Å²) >= 11 is 0. The molecule has 2 N–H and O–H groups in total. The molecule has 0 rings (SSSR count). The Kier molecular flexibility index (Phi) is 8.42. The number of carbonyl (C=O) groups is 2. The molecule has 0 aromatic carbocycles. The van der Waals surface area contributed by atoms with Gasteiger partial charge in [-0.15, -0.1) is 0 Å². The Morgan fingerprint density at radius 3 is 1.94 bits per heavy atom. The third-order valence-corrected chi connectivity index (χ3v) is 3.42. The Bertz CT molecular complexity index is 260. The van der Waals surface area contributed by atoms with E-state index in [2.05, 4.69) is 5.32 Å². The zero-order chi connectivity index (χ0) is 14.1. The molecule has 18 heavy (non-hydrogen) atoms. The summed E-state index contributed by atoms with van der Waals surface area (Å²) in [5, 5.41) is 11.8. The smallest absolute Gasteiger partial charge is 0.326 e. The molecule has 0 aliphatic carbocycles. The first kappa shape index (κ1) is 16.9. The van der Waals surface area contributed by atoms with E-state index < -0.39 is 12.0 Å². The monoisotopic (exact) mass is 257 g/mol. The van der Waals surface area contributed by atoms with Crippen LogP contribution in [0.25, 0.3) is 0 Å². The van der Waals surface area contributed by atoms with E-state index in [1.165, 1.54) is 0 Å². The molecule has 0 radical (unpaired) electrons. The predicted octanol–water partition coefficient (Wildman–Crippen LogP) is 2.82. The van der Waals surface area contributed by atoms with Crippen LogP contribution in [0.1, 0.15) is 59.8 Å². The van der Waals surface area contributed by atoms with Crippen LogP contribution in [0.3, 0.4) is 0 Å². The minimum Gasteiger partial charge on any atom is -0.480 e. The highest BCUT2D eigenvalue weighted by molar-refractivity contribution is 5.85. The van der Waals surface area contributed by atoms with Crippen molar-refractivity contribution in [3.05, 3.63) is 0 Å². The first-order chi connectivity index (χ1) is 8.47. The Morgan fingerprint density at radius 2 is 1.61 bits per heavy atom. The average Bonchev–Trinajstić information content (AvgIpc) is 2.34. The van der Waals surface area contributed by atoms with Crippen molar-refractivity contribution in [2.45, 2.75) is 65.8 Å². The van der Waals surface area contributed by atoms with Crippen molar-refractivity contribution in [3.63, 3.8) is 0 Å². The van der Waals surface area contributed by atoms with Crippen molar-refractivity contribution in [2.24, 2.45) is 11.8 Å². The summed E-state index contributed by atoms with van der Waals surface area (Å²) in [6, 6.07) is -0.765. The Balaban J connectivity index is 4.59. The molecule has 4 heteroatoms. The second-order valence-corrected chi connectivity index (χ2v) is 4.98. The molecule has 2 atom stereocenters. The van der Waals surface area contributed by atoms with Gasteiger partial charge in [0.15, 0.2) is 0 Å². The molecule has 0 saturated heterocycles. The van der Waals surface area contributed by atoms with Gasteiger partial charge in [-0.2, -0.15) is 0 Å². The quantitative estimate of drug-likeness (QED) is 0.667. The highest BCUT2D eigenvalue weighted by Crippen LogP contribution is 2.15. The van der Waals surface area contributed by atoms with Crippen LogP contribution < -0.4 is 5.32 Å². The average molecular weight is 257 g/mol. The summed E-state index contributed by atoms with van der Waals surface area (Å²) in [5.74, 6) is -1.14. The Morgan fingerprint density at radius 1 is 1.11 bits per heavy atom. The normalized spacial score (nSPS) is 14.3. The van der Waals surface area contributed by atoms with Gasteiger partial charge in [-0.25, -0.2) is 4.79 Å². The number of aliphatic carboxylic acids is 1. The second-order valence-electron chi connectivity index (χ2n) is 4.98. The van der Waals surface area contributed by atoms with Crippen LogP contribution in [-0.2, 0) is 9.59 Å². The minimum absolute atomic E-state index is 0.0460. The maximum Gasteiger partial charge on any atom is 0.326 e. The van der Waals surface area contributed by atoms with Gasteiger partial charge in [-0.3, -0.25) is 4.79 Å². The number of hydrogen-bond acceptors (Lipinski definition) is 2. The summed E-state index contributed by atoms with van der Waals surface area (Å²) < 4.78 is 0. The van der Waals surface area contributed by atoms with E-state index in [0.29, 0.717) is 0 Å². The molecule has 0 saturated carbocycles. The SMILES string of the molecule is CCCC(CCC)C(=O)N[C@H](C(=O)O)[C@@H](C)CC. The van der Waals surface area contributed by atoms with Crippen LogP contribution in [0.5, 0.6) is 0 Å². The molecule has 0 fully saturated rings. The molecular formula is C14H27NO3. The van der Waals surface area contributed by atoms with Gasteiger partial charge in [0.2, 0.25) is 5.91 Å². The zero-order valence-electron chi connectivity index (χ0n) is 12.0. The molecule has 0 aromatic rings. The number of carboxylic acid groups (broad SMARTS) is 1. The van der Waals surface area contributed by atoms with Gasteiger partial charge in [0.05, 0.1) is 0 Å². The largest absolute Gasteiger partial charge is 0.480 e. The molecule has 1 amide bonds. The lowest BCUT2D eigenvalue weighted by Gasteiger charge is -2.23. The van der Waals surface area contributed by atoms with Crippen LogP contribution in [0.15, 0.2) is 0 Å². The van der Waals surface area contributed by atoms with Gasteiger partial charge in [-0.1, -0.05) is 47.0 Å². The highest BCUT2D eigenvalue weighted by atomic mass is 16.4. The number of carboxylic acids is 1. The summed E-state index contributed by atoms with van der Waals surface area (Å²) in [4.78, 5) is 23.2. The van der Waals surface area contributed by atoms with Crippen molar-refractivity contribution in [3.8, 4) is 0 Å². The van der Waals surface area contributed by atoms with Crippen LogP contribution in [0.2, 0.25) is 0 Å². The van der Waals surface area contributed by atoms with E-state index >= 15 is 0 Å². The fraction of sp³-hybridized carbons (Fsp3) is 0.857. The summed E-state index contributed by atoms with van der Waals surface area (Å²) in [6.45, 7) is 7.87. The van der Waals surface area contributed by atoms with E-state index in [1.54, 1.807) is 0 Å². The van der Waals surface area contributed by atoms with Gasteiger partial charge < -0.3 is 10.4 Å². The van der Waals surface area contributed by atoms with Crippen LogP contribution in [-0.4, -0.2) is 23.0 Å². The van der Waals surface area contributed by atoms with E-state index in [9.17, 15) is 9.59 Å². The molecule has 0 aliphatic heterocycles. The molecule has 106 valence electrons. The molecule has 0 spiro atoms. The standard InChI is InChI=1S/C14H27NO3/c1-5-8-11(9-6-2)13(16)15-12(14(17)18)10(4)7-3/h10-12H,5-9H2,1-4H3,(H,15,16)(H,17,18)/t10-,12-/m0/s1. The lowest BCUT2D eigenvalue weighted by Crippen LogP contribution is -2.47. The maximum absolute atomic E-state index is 12.1. The summed E-state index contributed by atoms with van der Waals surface area (Å²) in [6.07, 6.45) is 4.28. The fourth-order valence-corrected chi connectivity index (χ4v) is 2.06. The molecular weight excluding hydrogens is 230 g/mol. The van der Waals surface area contributed by atoms with Gasteiger partial charge in [-0.05, 0) is 18.8 Å².